The van der Waals surface area contributed by atoms with E-state index in [4.69, 9.17) is 0 Å². The molecule has 140 valence electrons. The van der Waals surface area contributed by atoms with E-state index in [1.807, 2.05) is 6.56 Å². The fraction of sp³-hybridized carbons (Fsp3) is 0.636. The molecule has 0 spiro atoms. The second-order valence-corrected chi connectivity index (χ2v) is 11.8. The number of hydrogen-bond donors (Lipinski definition) is 0. The van der Waals surface area contributed by atoms with Crippen LogP contribution in [0.4, 0.5) is 0 Å². The molecule has 0 aromatic heterocycles. The van der Waals surface area contributed by atoms with Gasteiger partial charge in [-0.3, -0.25) is 0 Å². The fourth-order valence-electron chi connectivity index (χ4n) is 4.09. The van der Waals surface area contributed by atoms with E-state index in [1.165, 1.54) is 12.8 Å². The van der Waals surface area contributed by atoms with Crippen LogP contribution in [-0.4, -0.2) is 0 Å². The average Bonchev–Trinajstić information content (AvgIpc) is 3.02. The topological polar surface area (TPSA) is 0 Å². The van der Waals surface area contributed by atoms with Crippen molar-refractivity contribution < 1.29 is 48.0 Å². The molecular weight excluding hydrogens is 426 g/mol. The first kappa shape index (κ1) is 25.4. The van der Waals surface area contributed by atoms with Gasteiger partial charge >= 0.3 is 156 Å². The van der Waals surface area contributed by atoms with Gasteiger partial charge in [0.05, 0.1) is 0 Å². The van der Waals surface area contributed by atoms with Crippen molar-refractivity contribution in [3.8, 4) is 0 Å². The van der Waals surface area contributed by atoms with Crippen LogP contribution in [0.25, 0.3) is 0 Å². The molecule has 2 aliphatic carbocycles. The molecule has 0 aromatic rings. The number of halogens is 2. The maximum atomic E-state index is 2.54. The van der Waals surface area contributed by atoms with Crippen LogP contribution in [0.15, 0.2) is 41.0 Å². The zero-order valence-corrected chi connectivity index (χ0v) is 21.1. The molecule has 0 nitrogen and oxygen atoms in total. The molecule has 2 aliphatic rings. The van der Waals surface area contributed by atoms with E-state index in [-0.39, 0.29) is 24.8 Å². The molecule has 3 heteroatoms. The maximum Gasteiger partial charge on any atom is -1.00 e. The predicted molar refractivity (Wildman–Crippen MR) is 98.8 cm³/mol. The third kappa shape index (κ3) is 5.70. The third-order valence-electron chi connectivity index (χ3n) is 5.02. The molecule has 0 amide bonds. The van der Waals surface area contributed by atoms with Crippen LogP contribution in [0, 0.1) is 23.7 Å². The molecule has 0 N–H and O–H groups in total. The second-order valence-electron chi connectivity index (χ2n) is 8.26. The standard InChI is InChI=1S/2C11H17.2ClH.Zr/c2*1-8(2)10-6-5-7-11(10)9(3)4;;;/h2*6,8-9H,5H2,1-4H3;2*1H;/q;;;;+2/p-2. The second kappa shape index (κ2) is 10.7. The smallest absolute Gasteiger partial charge is 1.00 e. The Morgan fingerprint density at radius 1 is 0.600 bits per heavy atom. The monoisotopic (exact) mass is 458 g/mol. The summed E-state index contributed by atoms with van der Waals surface area (Å²) < 4.78 is 3.72. The first-order valence-corrected chi connectivity index (χ1v) is 11.8. The van der Waals surface area contributed by atoms with Gasteiger partial charge in [0, 0.05) is 0 Å². The number of hydrogen-bond acceptors (Lipinski definition) is 0. The SMILES string of the molecule is CC(C)C1=CC[C]([Zr+2][C]2=C(C(C)C)C(C(C)C)=CC2)=C1C(C)C.[Cl-].[Cl-]. The summed E-state index contributed by atoms with van der Waals surface area (Å²) in [5.41, 5.74) is 6.77. The van der Waals surface area contributed by atoms with Crippen molar-refractivity contribution in [2.24, 2.45) is 23.7 Å². The fourth-order valence-corrected chi connectivity index (χ4v) is 8.78. The third-order valence-corrected chi connectivity index (χ3v) is 8.84. The van der Waals surface area contributed by atoms with Crippen molar-refractivity contribution in [3.63, 3.8) is 0 Å². The van der Waals surface area contributed by atoms with Gasteiger partial charge in [0.25, 0.3) is 0 Å². The van der Waals surface area contributed by atoms with Gasteiger partial charge in [-0.2, -0.15) is 0 Å². The van der Waals surface area contributed by atoms with Gasteiger partial charge in [-0.15, -0.1) is 0 Å². The summed E-state index contributed by atoms with van der Waals surface area (Å²) in [6.07, 6.45) is 7.58. The Morgan fingerprint density at radius 2 is 0.920 bits per heavy atom. The number of rotatable bonds is 6. The van der Waals surface area contributed by atoms with E-state index in [0.29, 0.717) is 23.7 Å². The predicted octanol–water partition coefficient (Wildman–Crippen LogP) is 0.869. The van der Waals surface area contributed by atoms with E-state index in [0.717, 1.165) is 0 Å². The minimum atomic E-state index is -0.621. The van der Waals surface area contributed by atoms with Crippen molar-refractivity contribution in [1.82, 2.24) is 0 Å². The molecule has 0 fully saturated rings. The maximum absolute atomic E-state index is 2.54. The molecule has 0 unspecified atom stereocenters. The van der Waals surface area contributed by atoms with Crippen LogP contribution >= 0.6 is 0 Å². The number of allylic oxidation sites excluding steroid dienone is 8. The Kier molecular flexibility index (Phi) is 10.9. The molecule has 0 saturated carbocycles. The van der Waals surface area contributed by atoms with E-state index in [9.17, 15) is 0 Å². The molecule has 0 aromatic carbocycles. The van der Waals surface area contributed by atoms with E-state index in [1.54, 1.807) is 22.3 Å². The van der Waals surface area contributed by atoms with Gasteiger partial charge in [0.1, 0.15) is 0 Å². The van der Waals surface area contributed by atoms with Crippen molar-refractivity contribution in [2.45, 2.75) is 68.2 Å². The van der Waals surface area contributed by atoms with Gasteiger partial charge in [-0.1, -0.05) is 0 Å². The van der Waals surface area contributed by atoms with Gasteiger partial charge in [-0.05, 0) is 0 Å². The summed E-state index contributed by atoms with van der Waals surface area (Å²) in [5, 5.41) is 0. The minimum Gasteiger partial charge on any atom is -1.00 e. The van der Waals surface area contributed by atoms with Crippen molar-refractivity contribution in [3.05, 3.63) is 41.0 Å². The molecular formula is C22H34Cl2Zr. The summed E-state index contributed by atoms with van der Waals surface area (Å²) in [6, 6.07) is 0. The van der Waals surface area contributed by atoms with Crippen LogP contribution < -0.4 is 24.8 Å². The molecule has 0 atom stereocenters. The Morgan fingerprint density at radius 3 is 1.16 bits per heavy atom. The molecule has 0 aliphatic heterocycles. The Bertz CT molecular complexity index is 535. The van der Waals surface area contributed by atoms with Crippen molar-refractivity contribution in [1.29, 1.82) is 0 Å². The Hall–Kier alpha value is 0.423. The summed E-state index contributed by atoms with van der Waals surface area (Å²) in [5.74, 6) is 2.72. The van der Waals surface area contributed by atoms with Gasteiger partial charge < -0.3 is 24.8 Å². The van der Waals surface area contributed by atoms with Crippen molar-refractivity contribution in [2.75, 3.05) is 0 Å². The summed E-state index contributed by atoms with van der Waals surface area (Å²) >= 11 is -0.621. The zero-order chi connectivity index (χ0) is 17.3. The summed E-state index contributed by atoms with van der Waals surface area (Å²) in [7, 11) is 0. The van der Waals surface area contributed by atoms with Crippen LogP contribution in [-0.2, 0) is 23.2 Å². The van der Waals surface area contributed by atoms with Gasteiger partial charge in [-0.25, -0.2) is 0 Å². The van der Waals surface area contributed by atoms with Crippen LogP contribution in [0.1, 0.15) is 68.2 Å². The van der Waals surface area contributed by atoms with Gasteiger partial charge in [0.2, 0.25) is 0 Å². The molecule has 25 heavy (non-hydrogen) atoms. The average molecular weight is 461 g/mol. The first-order chi connectivity index (χ1) is 10.7. The van der Waals surface area contributed by atoms with Gasteiger partial charge in [0.15, 0.2) is 0 Å². The summed E-state index contributed by atoms with van der Waals surface area (Å²) in [4.78, 5) is 0. The molecule has 0 radical (unpaired) electrons. The van der Waals surface area contributed by atoms with E-state index in [2.05, 4.69) is 67.5 Å². The largest absolute Gasteiger partial charge is 1.00 e. The summed E-state index contributed by atoms with van der Waals surface area (Å²) in [6.45, 7) is 19.0. The molecule has 0 bridgehead atoms. The van der Waals surface area contributed by atoms with E-state index >= 15 is 0 Å². The van der Waals surface area contributed by atoms with Crippen LogP contribution in [0.2, 0.25) is 0 Å². The van der Waals surface area contributed by atoms with E-state index < -0.39 is 23.2 Å². The Labute approximate surface area is 180 Å². The Balaban J connectivity index is 0.00000288. The molecule has 0 heterocycles. The zero-order valence-electron chi connectivity index (χ0n) is 17.1. The molecule has 2 rings (SSSR count). The normalized spacial score (nSPS) is 17.3. The van der Waals surface area contributed by atoms with Crippen LogP contribution in [0.5, 0.6) is 0 Å². The molecule has 0 saturated heterocycles. The van der Waals surface area contributed by atoms with Crippen LogP contribution in [0.3, 0.4) is 0 Å². The quantitative estimate of drug-likeness (QED) is 0.552. The first-order valence-electron chi connectivity index (χ1n) is 9.37. The minimum absolute atomic E-state index is 0. The van der Waals surface area contributed by atoms with Crippen molar-refractivity contribution >= 4 is 0 Å².